The van der Waals surface area contributed by atoms with Gasteiger partial charge in [-0.3, -0.25) is 5.32 Å². The number of amides is 2. The van der Waals surface area contributed by atoms with Gasteiger partial charge in [-0.25, -0.2) is 19.4 Å². The molecule has 2 aromatic heterocycles. The van der Waals surface area contributed by atoms with Crippen LogP contribution in [-0.2, 0) is 13.0 Å². The smallest absolute Gasteiger partial charge is 0.321 e. The van der Waals surface area contributed by atoms with Gasteiger partial charge in [-0.1, -0.05) is 13.3 Å². The molecule has 21 heavy (non-hydrogen) atoms. The number of anilines is 1. The first-order chi connectivity index (χ1) is 10.3. The summed E-state index contributed by atoms with van der Waals surface area (Å²) in [5.74, 6) is 0.821. The average molecular weight is 306 g/mol. The van der Waals surface area contributed by atoms with Gasteiger partial charge in [-0.05, 0) is 19.3 Å². The number of carbonyl (C=O) groups excluding carboxylic acids is 1. The molecule has 0 radical (unpaired) electrons. The van der Waals surface area contributed by atoms with Crippen molar-refractivity contribution in [1.29, 1.82) is 0 Å². The monoisotopic (exact) mass is 306 g/mol. The summed E-state index contributed by atoms with van der Waals surface area (Å²) in [6, 6.07) is -0.329. The lowest BCUT2D eigenvalue weighted by Gasteiger charge is -2.22. The first-order valence-corrected chi connectivity index (χ1v) is 8.04. The van der Waals surface area contributed by atoms with Crippen LogP contribution < -0.4 is 10.6 Å². The van der Waals surface area contributed by atoms with Crippen molar-refractivity contribution in [2.45, 2.75) is 45.2 Å². The van der Waals surface area contributed by atoms with Crippen molar-refractivity contribution in [2.75, 3.05) is 5.32 Å². The molecular weight excluding hydrogens is 288 g/mol. The Morgan fingerprint density at radius 3 is 3.33 bits per heavy atom. The predicted molar refractivity (Wildman–Crippen MR) is 80.3 cm³/mol. The predicted octanol–water partition coefficient (Wildman–Crippen LogP) is 2.34. The number of urea groups is 1. The molecule has 0 spiro atoms. The number of nitrogens with one attached hydrogen (secondary N) is 2. The summed E-state index contributed by atoms with van der Waals surface area (Å²) in [5.41, 5.74) is 1.02. The van der Waals surface area contributed by atoms with Crippen LogP contribution in [0.15, 0.2) is 11.7 Å². The van der Waals surface area contributed by atoms with E-state index in [9.17, 15) is 4.79 Å². The first-order valence-electron chi connectivity index (χ1n) is 7.16. The van der Waals surface area contributed by atoms with Gasteiger partial charge in [-0.15, -0.1) is 11.3 Å². The van der Waals surface area contributed by atoms with Crippen LogP contribution in [0.5, 0.6) is 0 Å². The Labute approximate surface area is 126 Å². The highest BCUT2D eigenvalue weighted by Crippen LogP contribution is 2.22. The minimum Gasteiger partial charge on any atom is -0.328 e. The lowest BCUT2D eigenvalue weighted by atomic mass is 10.1. The molecule has 1 atom stereocenters. The lowest BCUT2D eigenvalue weighted by molar-refractivity contribution is 0.244. The number of aromatic nitrogens is 4. The second-order valence-corrected chi connectivity index (χ2v) is 5.89. The van der Waals surface area contributed by atoms with Crippen LogP contribution in [0, 0.1) is 0 Å². The van der Waals surface area contributed by atoms with Crippen LogP contribution in [0.25, 0.3) is 0 Å². The molecular formula is C13H18N6OS. The Morgan fingerprint density at radius 1 is 1.57 bits per heavy atom. The van der Waals surface area contributed by atoms with E-state index >= 15 is 0 Å². The Hall–Kier alpha value is -1.96. The summed E-state index contributed by atoms with van der Waals surface area (Å²) in [6.07, 6.45) is 5.38. The minimum atomic E-state index is -0.242. The standard InChI is InChI=1S/C13H18N6OS/c1-2-4-9-7-21-13(16-9)18-12(20)17-10-5-3-6-19-11(10)14-8-15-19/h7-8,10H,2-6H2,1H3,(H2,16,17,18,20). The third-order valence-electron chi connectivity index (χ3n) is 3.40. The molecule has 7 nitrogen and oxygen atoms in total. The van der Waals surface area contributed by atoms with E-state index in [0.29, 0.717) is 5.13 Å². The summed E-state index contributed by atoms with van der Waals surface area (Å²) in [4.78, 5) is 20.7. The van der Waals surface area contributed by atoms with E-state index in [-0.39, 0.29) is 12.1 Å². The summed E-state index contributed by atoms with van der Waals surface area (Å²) in [6.45, 7) is 2.97. The lowest BCUT2D eigenvalue weighted by Crippen LogP contribution is -2.36. The minimum absolute atomic E-state index is 0.0867. The van der Waals surface area contributed by atoms with E-state index in [4.69, 9.17) is 0 Å². The van der Waals surface area contributed by atoms with E-state index < -0.39 is 0 Å². The fourth-order valence-corrected chi connectivity index (χ4v) is 3.19. The van der Waals surface area contributed by atoms with Crippen molar-refractivity contribution >= 4 is 22.5 Å². The summed E-state index contributed by atoms with van der Waals surface area (Å²) in [5, 5.41) is 12.5. The molecule has 3 heterocycles. The van der Waals surface area contributed by atoms with Crippen LogP contribution in [0.2, 0.25) is 0 Å². The molecule has 0 aliphatic carbocycles. The van der Waals surface area contributed by atoms with Crippen molar-refractivity contribution in [3.63, 3.8) is 0 Å². The number of nitrogens with zero attached hydrogens (tertiary/aromatic N) is 4. The maximum Gasteiger partial charge on any atom is 0.321 e. The third kappa shape index (κ3) is 3.21. The summed E-state index contributed by atoms with van der Waals surface area (Å²) < 4.78 is 1.84. The molecule has 112 valence electrons. The van der Waals surface area contributed by atoms with Gasteiger partial charge in [0, 0.05) is 11.9 Å². The fourth-order valence-electron chi connectivity index (χ4n) is 2.45. The van der Waals surface area contributed by atoms with Crippen molar-refractivity contribution in [3.8, 4) is 0 Å². The SMILES string of the molecule is CCCc1csc(NC(=O)NC2CCCn3ncnc32)n1. The number of fused-ring (bicyclic) bond motifs is 1. The summed E-state index contributed by atoms with van der Waals surface area (Å²) >= 11 is 1.45. The van der Waals surface area contributed by atoms with Crippen LogP contribution in [-0.4, -0.2) is 25.8 Å². The van der Waals surface area contributed by atoms with Gasteiger partial charge in [0.05, 0.1) is 11.7 Å². The zero-order valence-electron chi connectivity index (χ0n) is 11.9. The molecule has 2 aromatic rings. The molecule has 1 unspecified atom stereocenters. The second kappa shape index (κ2) is 6.21. The number of aryl methyl sites for hydroxylation is 2. The zero-order chi connectivity index (χ0) is 14.7. The molecule has 2 N–H and O–H groups in total. The van der Waals surface area contributed by atoms with Crippen LogP contribution in [0.1, 0.15) is 43.7 Å². The van der Waals surface area contributed by atoms with E-state index in [1.807, 2.05) is 10.1 Å². The van der Waals surface area contributed by atoms with E-state index in [1.165, 1.54) is 17.7 Å². The molecule has 1 aliphatic heterocycles. The van der Waals surface area contributed by atoms with E-state index in [1.54, 1.807) is 0 Å². The van der Waals surface area contributed by atoms with Crippen molar-refractivity contribution in [2.24, 2.45) is 0 Å². The largest absolute Gasteiger partial charge is 0.328 e. The number of hydrogen-bond donors (Lipinski definition) is 2. The molecule has 8 heteroatoms. The molecule has 0 fully saturated rings. The Kier molecular flexibility index (Phi) is 4.14. The maximum atomic E-state index is 12.1. The van der Waals surface area contributed by atoms with Gasteiger partial charge in [0.25, 0.3) is 0 Å². The third-order valence-corrected chi connectivity index (χ3v) is 4.21. The maximum absolute atomic E-state index is 12.1. The van der Waals surface area contributed by atoms with Gasteiger partial charge in [0.1, 0.15) is 12.2 Å². The van der Waals surface area contributed by atoms with Crippen LogP contribution in [0.4, 0.5) is 9.93 Å². The highest BCUT2D eigenvalue weighted by atomic mass is 32.1. The van der Waals surface area contributed by atoms with Crippen molar-refractivity contribution in [3.05, 3.63) is 23.2 Å². The second-order valence-electron chi connectivity index (χ2n) is 5.03. The molecule has 0 bridgehead atoms. The van der Waals surface area contributed by atoms with E-state index in [2.05, 4.69) is 32.6 Å². The van der Waals surface area contributed by atoms with Gasteiger partial charge in [0.15, 0.2) is 5.13 Å². The van der Waals surface area contributed by atoms with Crippen molar-refractivity contribution in [1.82, 2.24) is 25.1 Å². The fraction of sp³-hybridized carbons (Fsp3) is 0.538. The summed E-state index contributed by atoms with van der Waals surface area (Å²) in [7, 11) is 0. The topological polar surface area (TPSA) is 84.7 Å². The first kappa shape index (κ1) is 14.0. The number of thiazole rings is 1. The molecule has 1 aliphatic rings. The molecule has 0 aromatic carbocycles. The number of rotatable bonds is 4. The Balaban J connectivity index is 1.59. The Bertz CT molecular complexity index is 622. The van der Waals surface area contributed by atoms with Gasteiger partial charge < -0.3 is 5.32 Å². The number of hydrogen-bond acceptors (Lipinski definition) is 5. The van der Waals surface area contributed by atoms with Gasteiger partial charge in [-0.2, -0.15) is 5.10 Å². The highest BCUT2D eigenvalue weighted by Gasteiger charge is 2.24. The normalized spacial score (nSPS) is 17.3. The van der Waals surface area contributed by atoms with Crippen molar-refractivity contribution < 1.29 is 4.79 Å². The van der Waals surface area contributed by atoms with E-state index in [0.717, 1.165) is 43.7 Å². The quantitative estimate of drug-likeness (QED) is 0.908. The zero-order valence-corrected chi connectivity index (χ0v) is 12.7. The average Bonchev–Trinajstić information content (AvgIpc) is 3.09. The molecule has 3 rings (SSSR count). The highest BCUT2D eigenvalue weighted by molar-refractivity contribution is 7.13. The molecule has 0 saturated carbocycles. The molecule has 2 amide bonds. The van der Waals surface area contributed by atoms with Gasteiger partial charge in [0.2, 0.25) is 0 Å². The van der Waals surface area contributed by atoms with Gasteiger partial charge >= 0.3 is 6.03 Å². The number of carbonyl (C=O) groups is 1. The Morgan fingerprint density at radius 2 is 2.48 bits per heavy atom. The molecule has 0 saturated heterocycles. The van der Waals surface area contributed by atoms with Crippen LogP contribution >= 0.6 is 11.3 Å². The van der Waals surface area contributed by atoms with Crippen LogP contribution in [0.3, 0.4) is 0 Å².